The van der Waals surface area contributed by atoms with Crippen LogP contribution in [0.3, 0.4) is 0 Å². The molecule has 32 heavy (non-hydrogen) atoms. The van der Waals surface area contributed by atoms with Crippen molar-refractivity contribution in [2.24, 2.45) is 0 Å². The highest BCUT2D eigenvalue weighted by molar-refractivity contribution is 7.80. The van der Waals surface area contributed by atoms with E-state index in [4.69, 9.17) is 17.0 Å². The Morgan fingerprint density at radius 3 is 2.47 bits per heavy atom. The minimum Gasteiger partial charge on any atom is -0.465 e. The van der Waals surface area contributed by atoms with Crippen LogP contribution in [-0.2, 0) is 4.74 Å². The fourth-order valence-electron chi connectivity index (χ4n) is 4.60. The molecule has 0 unspecified atom stereocenters. The van der Waals surface area contributed by atoms with Crippen molar-refractivity contribution in [3.8, 4) is 5.69 Å². The highest BCUT2D eigenvalue weighted by atomic mass is 32.1. The maximum atomic E-state index is 11.8. The Balaban J connectivity index is 1.79. The van der Waals surface area contributed by atoms with Crippen LogP contribution in [0.25, 0.3) is 5.69 Å². The van der Waals surface area contributed by atoms with Gasteiger partial charge >= 0.3 is 5.97 Å². The zero-order valence-electron chi connectivity index (χ0n) is 19.0. The van der Waals surface area contributed by atoms with E-state index in [1.165, 1.54) is 12.7 Å². The highest BCUT2D eigenvalue weighted by Gasteiger charge is 2.42. The number of thiocarbonyl (C=S) groups is 1. The molecule has 3 heterocycles. The predicted molar refractivity (Wildman–Crippen MR) is 129 cm³/mol. The first-order valence-corrected chi connectivity index (χ1v) is 11.1. The van der Waals surface area contributed by atoms with Gasteiger partial charge in [0.25, 0.3) is 0 Å². The van der Waals surface area contributed by atoms with Gasteiger partial charge in [0, 0.05) is 29.3 Å². The number of aryl methyl sites for hydroxylation is 1. The molecular weight excluding hydrogens is 420 g/mol. The number of esters is 1. The molecule has 1 aromatic carbocycles. The second-order valence-corrected chi connectivity index (χ2v) is 8.71. The van der Waals surface area contributed by atoms with Crippen molar-refractivity contribution in [2.45, 2.75) is 45.8 Å². The maximum absolute atomic E-state index is 11.8. The number of aromatic nitrogens is 2. The molecule has 1 aliphatic rings. The van der Waals surface area contributed by atoms with Crippen LogP contribution in [0.1, 0.15) is 58.9 Å². The Bertz CT molecular complexity index is 1140. The summed E-state index contributed by atoms with van der Waals surface area (Å²) in [5.74, 6) is -0.338. The van der Waals surface area contributed by atoms with Crippen molar-refractivity contribution in [3.63, 3.8) is 0 Å². The highest BCUT2D eigenvalue weighted by Crippen LogP contribution is 2.42. The summed E-state index contributed by atoms with van der Waals surface area (Å²) in [6, 6.07) is 15.9. The van der Waals surface area contributed by atoms with E-state index < -0.39 is 0 Å². The average molecular weight is 449 g/mol. The molecule has 0 bridgehead atoms. The molecule has 0 radical (unpaired) electrons. The Morgan fingerprint density at radius 2 is 1.88 bits per heavy atom. The van der Waals surface area contributed by atoms with Crippen LogP contribution in [-0.4, -0.2) is 38.7 Å². The van der Waals surface area contributed by atoms with E-state index in [-0.39, 0.29) is 24.1 Å². The lowest BCUT2D eigenvalue weighted by atomic mass is 9.96. The summed E-state index contributed by atoms with van der Waals surface area (Å²) in [6.45, 7) is 8.55. The van der Waals surface area contributed by atoms with Gasteiger partial charge in [-0.1, -0.05) is 6.07 Å². The van der Waals surface area contributed by atoms with Gasteiger partial charge in [-0.05, 0) is 87.9 Å². The van der Waals surface area contributed by atoms with Gasteiger partial charge in [-0.3, -0.25) is 4.98 Å². The van der Waals surface area contributed by atoms with Crippen LogP contribution in [0.4, 0.5) is 0 Å². The van der Waals surface area contributed by atoms with E-state index in [0.29, 0.717) is 5.56 Å². The van der Waals surface area contributed by atoms with Crippen molar-refractivity contribution in [2.75, 3.05) is 7.11 Å². The van der Waals surface area contributed by atoms with Crippen LogP contribution >= 0.6 is 12.2 Å². The lowest BCUT2D eigenvalue weighted by Gasteiger charge is -2.31. The first-order valence-electron chi connectivity index (χ1n) is 10.7. The third-order valence-electron chi connectivity index (χ3n) is 6.03. The van der Waals surface area contributed by atoms with E-state index in [0.717, 1.165) is 27.9 Å². The molecule has 1 aliphatic heterocycles. The van der Waals surface area contributed by atoms with E-state index in [1.54, 1.807) is 12.1 Å². The van der Waals surface area contributed by atoms with Gasteiger partial charge in [-0.15, -0.1) is 0 Å². The van der Waals surface area contributed by atoms with E-state index >= 15 is 0 Å². The molecule has 0 amide bonds. The lowest BCUT2D eigenvalue weighted by molar-refractivity contribution is 0.0600. The van der Waals surface area contributed by atoms with Gasteiger partial charge in [0.2, 0.25) is 0 Å². The number of pyridine rings is 1. The molecule has 1 saturated heterocycles. The summed E-state index contributed by atoms with van der Waals surface area (Å²) in [7, 11) is 1.39. The topological polar surface area (TPSA) is 59.4 Å². The Kier molecular flexibility index (Phi) is 6.02. The number of ether oxygens (including phenoxy) is 1. The molecular formula is C25H28N4O2S. The third-order valence-corrected chi connectivity index (χ3v) is 6.36. The summed E-state index contributed by atoms with van der Waals surface area (Å²) in [5.41, 5.74) is 5.95. The summed E-state index contributed by atoms with van der Waals surface area (Å²) in [6.07, 6.45) is 1.82. The van der Waals surface area contributed by atoms with Crippen LogP contribution in [0.2, 0.25) is 0 Å². The fourth-order valence-corrected chi connectivity index (χ4v) is 5.05. The average Bonchev–Trinajstić information content (AvgIpc) is 3.29. The zero-order valence-corrected chi connectivity index (χ0v) is 19.8. The van der Waals surface area contributed by atoms with Crippen LogP contribution < -0.4 is 5.32 Å². The van der Waals surface area contributed by atoms with Gasteiger partial charge < -0.3 is 19.5 Å². The second-order valence-electron chi connectivity index (χ2n) is 8.33. The molecule has 2 atom stereocenters. The zero-order chi connectivity index (χ0) is 23.0. The fraction of sp³-hybridized carbons (Fsp3) is 0.320. The van der Waals surface area contributed by atoms with E-state index in [9.17, 15) is 4.79 Å². The number of nitrogens with one attached hydrogen (secondary N) is 1. The first-order chi connectivity index (χ1) is 15.3. The van der Waals surface area contributed by atoms with E-state index in [1.807, 2.05) is 36.5 Å². The molecule has 7 heteroatoms. The molecule has 166 valence electrons. The van der Waals surface area contributed by atoms with Gasteiger partial charge in [-0.2, -0.15) is 0 Å². The first kappa shape index (κ1) is 22.0. The number of benzene rings is 1. The Hall–Kier alpha value is -3.19. The van der Waals surface area contributed by atoms with Crippen molar-refractivity contribution >= 4 is 23.3 Å². The molecule has 6 nitrogen and oxygen atoms in total. The Labute approximate surface area is 194 Å². The maximum Gasteiger partial charge on any atom is 0.337 e. The predicted octanol–water partition coefficient (Wildman–Crippen LogP) is 4.66. The number of carbonyl (C=O) groups excluding carboxylic acids is 1. The monoisotopic (exact) mass is 448 g/mol. The lowest BCUT2D eigenvalue weighted by Crippen LogP contribution is -2.35. The number of rotatable bonds is 5. The Morgan fingerprint density at radius 1 is 1.16 bits per heavy atom. The third kappa shape index (κ3) is 3.77. The molecule has 0 aliphatic carbocycles. The van der Waals surface area contributed by atoms with Crippen LogP contribution in [0.5, 0.6) is 0 Å². The number of methoxy groups -OCH3 is 1. The summed E-state index contributed by atoms with van der Waals surface area (Å²) < 4.78 is 7.04. The minimum atomic E-state index is -0.338. The summed E-state index contributed by atoms with van der Waals surface area (Å²) in [4.78, 5) is 18.7. The minimum absolute atomic E-state index is 0.0201. The molecule has 1 N–H and O–H groups in total. The van der Waals surface area contributed by atoms with Crippen molar-refractivity contribution in [3.05, 3.63) is 82.9 Å². The van der Waals surface area contributed by atoms with Gasteiger partial charge in [0.05, 0.1) is 30.5 Å². The van der Waals surface area contributed by atoms with E-state index in [2.05, 4.69) is 53.5 Å². The molecule has 1 fully saturated rings. The van der Waals surface area contributed by atoms with Crippen molar-refractivity contribution in [1.29, 1.82) is 0 Å². The van der Waals surface area contributed by atoms with Gasteiger partial charge in [0.15, 0.2) is 5.11 Å². The van der Waals surface area contributed by atoms with Crippen molar-refractivity contribution < 1.29 is 9.53 Å². The molecule has 0 spiro atoms. The molecule has 3 aromatic rings. The molecule has 4 rings (SSSR count). The SMILES string of the molecule is COC(=O)c1ccc(-n2c(C)cc([C@H]3[C@H](c4ccccn4)NC(=S)N3C(C)C)c2C)cc1. The van der Waals surface area contributed by atoms with Gasteiger partial charge in [-0.25, -0.2) is 4.79 Å². The molecule has 2 aromatic heterocycles. The number of hydrogen-bond acceptors (Lipinski definition) is 4. The largest absolute Gasteiger partial charge is 0.465 e. The second kappa shape index (κ2) is 8.74. The summed E-state index contributed by atoms with van der Waals surface area (Å²) >= 11 is 5.73. The summed E-state index contributed by atoms with van der Waals surface area (Å²) in [5, 5.41) is 4.25. The van der Waals surface area contributed by atoms with Gasteiger partial charge in [0.1, 0.15) is 0 Å². The normalized spacial score (nSPS) is 18.2. The number of nitrogens with zero attached hydrogens (tertiary/aromatic N) is 3. The van der Waals surface area contributed by atoms with Crippen LogP contribution in [0.15, 0.2) is 54.7 Å². The molecule has 0 saturated carbocycles. The quantitative estimate of drug-likeness (QED) is 0.453. The number of hydrogen-bond donors (Lipinski definition) is 1. The smallest absolute Gasteiger partial charge is 0.337 e. The number of carbonyl (C=O) groups is 1. The van der Waals surface area contributed by atoms with Crippen molar-refractivity contribution in [1.82, 2.24) is 19.8 Å². The standard InChI is InChI=1S/C25H28N4O2S/c1-15(2)28-23(22(27-25(28)32)21-8-6-7-13-26-21)20-14-16(3)29(17(20)4)19-11-9-18(10-12-19)24(30)31-5/h6-15,22-23H,1-5H3,(H,27,32)/t22-,23-/m0/s1. The van der Waals surface area contributed by atoms with Crippen LogP contribution in [0, 0.1) is 13.8 Å².